The fourth-order valence-corrected chi connectivity index (χ4v) is 3.98. The lowest BCUT2D eigenvalue weighted by molar-refractivity contribution is -0.137. The van der Waals surface area contributed by atoms with Crippen LogP contribution in [0.5, 0.6) is 0 Å². The van der Waals surface area contributed by atoms with E-state index >= 15 is 0 Å². The molecule has 0 N–H and O–H groups in total. The van der Waals surface area contributed by atoms with Gasteiger partial charge in [0, 0.05) is 30.1 Å². The van der Waals surface area contributed by atoms with Crippen LogP contribution in [0.1, 0.15) is 32.7 Å². The zero-order valence-corrected chi connectivity index (χ0v) is 17.9. The molecule has 0 atom stereocenters. The van der Waals surface area contributed by atoms with Gasteiger partial charge in [-0.2, -0.15) is 23.5 Å². The summed E-state index contributed by atoms with van der Waals surface area (Å²) < 4.78 is 56.1. The number of carbonyl (C=O) groups excluding carboxylic acids is 1. The first-order chi connectivity index (χ1) is 16.7. The number of halogens is 4. The Hall–Kier alpha value is -4.52. The van der Waals surface area contributed by atoms with Crippen molar-refractivity contribution in [3.63, 3.8) is 0 Å². The minimum absolute atomic E-state index is 0.0666. The molecule has 0 spiro atoms. The molecule has 2 aromatic heterocycles. The zero-order chi connectivity index (χ0) is 24.7. The third-order valence-electron chi connectivity index (χ3n) is 5.74. The Labute approximate surface area is 196 Å². The number of carbonyl (C=O) groups is 1. The maximum Gasteiger partial charge on any atom is 0.417 e. The highest BCUT2D eigenvalue weighted by atomic mass is 19.4. The van der Waals surface area contributed by atoms with Gasteiger partial charge in [0.05, 0.1) is 46.4 Å². The molecule has 10 heteroatoms. The normalized spacial score (nSPS) is 13.1. The lowest BCUT2D eigenvalue weighted by atomic mass is 10.0. The van der Waals surface area contributed by atoms with Gasteiger partial charge in [-0.05, 0) is 42.5 Å². The van der Waals surface area contributed by atoms with Crippen LogP contribution in [0, 0.1) is 17.1 Å². The Kier molecular flexibility index (Phi) is 5.32. The van der Waals surface area contributed by atoms with Gasteiger partial charge in [0.1, 0.15) is 5.82 Å². The van der Waals surface area contributed by atoms with Crippen LogP contribution in [0.4, 0.5) is 17.6 Å². The van der Waals surface area contributed by atoms with Crippen molar-refractivity contribution in [2.45, 2.75) is 19.3 Å². The van der Waals surface area contributed by atoms with E-state index in [0.29, 0.717) is 29.1 Å². The smallest absolute Gasteiger partial charge is 0.328 e. The molecule has 0 bridgehead atoms. The molecule has 0 saturated heterocycles. The lowest BCUT2D eigenvalue weighted by Gasteiger charge is -2.16. The summed E-state index contributed by atoms with van der Waals surface area (Å²) in [7, 11) is 0. The molecule has 0 saturated carbocycles. The number of fused-ring (bicyclic) bond motifs is 1. The summed E-state index contributed by atoms with van der Waals surface area (Å²) >= 11 is 0. The molecule has 5 rings (SSSR count). The fraction of sp³-hybridized carbons (Fsp3) is 0.120. The highest BCUT2D eigenvalue weighted by molar-refractivity contribution is 5.97. The van der Waals surface area contributed by atoms with Gasteiger partial charge in [-0.3, -0.25) is 9.78 Å². The summed E-state index contributed by atoms with van der Waals surface area (Å²) in [6.45, 7) is 0.361. The van der Waals surface area contributed by atoms with E-state index in [1.54, 1.807) is 36.5 Å². The van der Waals surface area contributed by atoms with E-state index in [0.717, 1.165) is 12.1 Å². The summed E-state index contributed by atoms with van der Waals surface area (Å²) in [5, 5.41) is 13.2. The predicted octanol–water partition coefficient (Wildman–Crippen LogP) is 5.12. The number of nitriles is 1. The Morgan fingerprint density at radius 1 is 1.09 bits per heavy atom. The molecule has 35 heavy (non-hydrogen) atoms. The van der Waals surface area contributed by atoms with Crippen LogP contribution >= 0.6 is 0 Å². The second kappa shape index (κ2) is 8.36. The number of pyridine rings is 1. The predicted molar refractivity (Wildman–Crippen MR) is 116 cm³/mol. The number of hydrogen-bond donors (Lipinski definition) is 0. The van der Waals surface area contributed by atoms with Crippen LogP contribution in [0.3, 0.4) is 0 Å². The first-order valence-electron chi connectivity index (χ1n) is 10.4. The number of alkyl halides is 3. The monoisotopic (exact) mass is 477 g/mol. The van der Waals surface area contributed by atoms with Crippen LogP contribution in [0.2, 0.25) is 0 Å². The van der Waals surface area contributed by atoms with Crippen LogP contribution in [-0.4, -0.2) is 25.6 Å². The van der Waals surface area contributed by atoms with Crippen LogP contribution in [0.15, 0.2) is 67.0 Å². The maximum absolute atomic E-state index is 14.9. The van der Waals surface area contributed by atoms with Crippen molar-refractivity contribution >= 4 is 5.91 Å². The molecule has 0 aliphatic carbocycles. The molecule has 1 amide bonds. The van der Waals surface area contributed by atoms with Gasteiger partial charge < -0.3 is 4.90 Å². The van der Waals surface area contributed by atoms with Gasteiger partial charge in [-0.1, -0.05) is 12.1 Å². The van der Waals surface area contributed by atoms with Gasteiger partial charge in [-0.25, -0.2) is 9.07 Å². The molecule has 1 aliphatic heterocycles. The van der Waals surface area contributed by atoms with Gasteiger partial charge in [0.15, 0.2) is 0 Å². The van der Waals surface area contributed by atoms with E-state index in [1.165, 1.54) is 34.0 Å². The van der Waals surface area contributed by atoms with Gasteiger partial charge >= 0.3 is 6.18 Å². The third kappa shape index (κ3) is 4.12. The highest BCUT2D eigenvalue weighted by Gasteiger charge is 2.34. The van der Waals surface area contributed by atoms with Crippen molar-refractivity contribution in [3.05, 3.63) is 101 Å². The Morgan fingerprint density at radius 3 is 2.63 bits per heavy atom. The van der Waals surface area contributed by atoms with E-state index in [-0.39, 0.29) is 23.7 Å². The van der Waals surface area contributed by atoms with Crippen molar-refractivity contribution < 1.29 is 22.4 Å². The summed E-state index contributed by atoms with van der Waals surface area (Å²) in [5.74, 6) is -0.761. The van der Waals surface area contributed by atoms with Gasteiger partial charge in [0.2, 0.25) is 0 Å². The SMILES string of the molecule is N#Cc1ccc(-c2ccn(-c3ccc(CN4Cc5ncccc5C4=O)c(F)c3)n2)cc1C(F)(F)F. The molecule has 0 fully saturated rings. The van der Waals surface area contributed by atoms with Crippen LogP contribution in [0.25, 0.3) is 16.9 Å². The molecular weight excluding hydrogens is 462 g/mol. The molecule has 1 aliphatic rings. The van der Waals surface area contributed by atoms with E-state index in [1.807, 2.05) is 0 Å². The van der Waals surface area contributed by atoms with E-state index in [9.17, 15) is 22.4 Å². The quantitative estimate of drug-likeness (QED) is 0.383. The van der Waals surface area contributed by atoms with E-state index in [2.05, 4.69) is 10.1 Å². The zero-order valence-electron chi connectivity index (χ0n) is 17.9. The van der Waals surface area contributed by atoms with Crippen molar-refractivity contribution in [2.24, 2.45) is 0 Å². The van der Waals surface area contributed by atoms with E-state index < -0.39 is 23.1 Å². The molecular formula is C25H15F4N5O. The lowest BCUT2D eigenvalue weighted by Crippen LogP contribution is -2.23. The first-order valence-corrected chi connectivity index (χ1v) is 10.4. The second-order valence-corrected chi connectivity index (χ2v) is 7.95. The number of benzene rings is 2. The Balaban J connectivity index is 1.38. The molecule has 6 nitrogen and oxygen atoms in total. The van der Waals surface area contributed by atoms with Crippen molar-refractivity contribution in [3.8, 4) is 23.0 Å². The van der Waals surface area contributed by atoms with Gasteiger partial charge in [-0.15, -0.1) is 0 Å². The molecule has 0 unspecified atom stereocenters. The summed E-state index contributed by atoms with van der Waals surface area (Å²) in [4.78, 5) is 18.2. The number of rotatable bonds is 4. The molecule has 4 aromatic rings. The topological polar surface area (TPSA) is 74.8 Å². The summed E-state index contributed by atoms with van der Waals surface area (Å²) in [6.07, 6.45) is -1.58. The minimum atomic E-state index is -4.68. The maximum atomic E-state index is 14.9. The van der Waals surface area contributed by atoms with Crippen molar-refractivity contribution in [1.82, 2.24) is 19.7 Å². The minimum Gasteiger partial charge on any atom is -0.328 e. The highest BCUT2D eigenvalue weighted by Crippen LogP contribution is 2.34. The number of amides is 1. The van der Waals surface area contributed by atoms with Crippen molar-refractivity contribution in [2.75, 3.05) is 0 Å². The number of nitrogens with zero attached hydrogens (tertiary/aromatic N) is 5. The first kappa shape index (κ1) is 22.3. The fourth-order valence-electron chi connectivity index (χ4n) is 3.98. The average Bonchev–Trinajstić information content (AvgIpc) is 3.45. The standard InChI is InChI=1S/C25H15F4N5O/c26-21-11-18(6-5-17(21)13-33-14-23-19(24(33)35)2-1-8-31-23)34-9-7-22(32-34)15-3-4-16(12-30)20(10-15)25(27,28)29/h1-11H,13-14H2. The van der Waals surface area contributed by atoms with Crippen LogP contribution < -0.4 is 0 Å². The largest absolute Gasteiger partial charge is 0.417 e. The molecule has 2 aromatic carbocycles. The summed E-state index contributed by atoms with van der Waals surface area (Å²) in [5.41, 5.74) is 0.708. The number of aromatic nitrogens is 3. The van der Waals surface area contributed by atoms with Crippen LogP contribution in [-0.2, 0) is 19.3 Å². The van der Waals surface area contributed by atoms with E-state index in [4.69, 9.17) is 5.26 Å². The Morgan fingerprint density at radius 2 is 1.91 bits per heavy atom. The molecule has 174 valence electrons. The molecule has 3 heterocycles. The third-order valence-corrected chi connectivity index (χ3v) is 5.74. The van der Waals surface area contributed by atoms with Crippen molar-refractivity contribution in [1.29, 1.82) is 5.26 Å². The number of hydrogen-bond acceptors (Lipinski definition) is 4. The molecule has 0 radical (unpaired) electrons. The summed E-state index contributed by atoms with van der Waals surface area (Å²) in [6, 6.07) is 14.2. The van der Waals surface area contributed by atoms with Gasteiger partial charge in [0.25, 0.3) is 5.91 Å². The second-order valence-electron chi connectivity index (χ2n) is 7.95. The Bertz CT molecular complexity index is 1500. The average molecular weight is 477 g/mol.